The van der Waals surface area contributed by atoms with E-state index in [4.69, 9.17) is 5.26 Å². The van der Waals surface area contributed by atoms with Crippen molar-refractivity contribution in [3.05, 3.63) is 29.8 Å². The first kappa shape index (κ1) is 9.98. The summed E-state index contributed by atoms with van der Waals surface area (Å²) >= 11 is 0. The molecule has 0 aliphatic carbocycles. The average Bonchev–Trinajstić information content (AvgIpc) is 2.09. The molecule has 0 heterocycles. The highest BCUT2D eigenvalue weighted by molar-refractivity contribution is 5.30. The molecule has 0 aliphatic heterocycles. The zero-order valence-corrected chi connectivity index (χ0v) is 7.16. The molecule has 0 radical (unpaired) electrons. The molecule has 0 fully saturated rings. The van der Waals surface area contributed by atoms with E-state index in [2.05, 4.69) is 4.89 Å². The van der Waals surface area contributed by atoms with Crippen LogP contribution < -0.4 is 4.89 Å². The number of para-hydroxylation sites is 1. The minimum absolute atomic E-state index is 0.512. The van der Waals surface area contributed by atoms with Gasteiger partial charge in [0, 0.05) is 0 Å². The number of benzene rings is 1. The van der Waals surface area contributed by atoms with E-state index in [9.17, 15) is 0 Å². The average molecular weight is 154 g/mol. The van der Waals surface area contributed by atoms with Crippen molar-refractivity contribution < 1.29 is 10.1 Å². The zero-order valence-electron chi connectivity index (χ0n) is 7.16. The van der Waals surface area contributed by atoms with Crippen LogP contribution >= 0.6 is 0 Å². The first-order valence-electron chi connectivity index (χ1n) is 3.71. The smallest absolute Gasteiger partial charge is 0.168 e. The minimum atomic E-state index is 0.512. The molecule has 1 rings (SSSR count). The van der Waals surface area contributed by atoms with Crippen LogP contribution in [0.5, 0.6) is 5.75 Å². The van der Waals surface area contributed by atoms with Crippen LogP contribution in [0.2, 0.25) is 0 Å². The van der Waals surface area contributed by atoms with Crippen LogP contribution in [-0.4, -0.2) is 5.26 Å². The summed E-state index contributed by atoms with van der Waals surface area (Å²) in [6, 6.07) is 7.26. The molecular weight excluding hydrogens is 140 g/mol. The van der Waals surface area contributed by atoms with Gasteiger partial charge in [0.05, 0.1) is 0 Å². The first-order chi connectivity index (χ1) is 5.34. The highest BCUT2D eigenvalue weighted by Crippen LogP contribution is 2.14. The van der Waals surface area contributed by atoms with Gasteiger partial charge in [0.2, 0.25) is 0 Å². The van der Waals surface area contributed by atoms with Gasteiger partial charge >= 0.3 is 0 Å². The molecular formula is C9H14O2. The number of aryl methyl sites for hydroxylation is 1. The van der Waals surface area contributed by atoms with Gasteiger partial charge in [-0.15, -0.1) is 0 Å². The standard InChI is InChI=1S/C7H8O2.C2H6/c1-6-4-2-3-5-7(6)9-8;1-2/h2-5,8H,1H3;1-2H3. The van der Waals surface area contributed by atoms with Crippen LogP contribution in [0.3, 0.4) is 0 Å². The maximum absolute atomic E-state index is 8.22. The summed E-state index contributed by atoms with van der Waals surface area (Å²) in [7, 11) is 0. The van der Waals surface area contributed by atoms with Crippen molar-refractivity contribution in [3.63, 3.8) is 0 Å². The lowest BCUT2D eigenvalue weighted by molar-refractivity contribution is -0.138. The highest BCUT2D eigenvalue weighted by Gasteiger charge is 1.93. The second-order valence-electron chi connectivity index (χ2n) is 1.86. The van der Waals surface area contributed by atoms with Crippen LogP contribution in [0.4, 0.5) is 0 Å². The summed E-state index contributed by atoms with van der Waals surface area (Å²) < 4.78 is 0. The van der Waals surface area contributed by atoms with Gasteiger partial charge in [-0.2, -0.15) is 0 Å². The molecule has 0 spiro atoms. The number of rotatable bonds is 1. The molecule has 0 aromatic heterocycles. The minimum Gasteiger partial charge on any atom is -0.340 e. The molecule has 0 amide bonds. The molecule has 1 aromatic carbocycles. The lowest BCUT2D eigenvalue weighted by atomic mass is 10.2. The molecule has 0 atom stereocenters. The molecule has 0 bridgehead atoms. The second kappa shape index (κ2) is 5.74. The van der Waals surface area contributed by atoms with Crippen molar-refractivity contribution in [1.29, 1.82) is 0 Å². The maximum atomic E-state index is 8.22. The molecule has 1 aromatic rings. The Morgan fingerprint density at radius 3 is 2.09 bits per heavy atom. The lowest BCUT2D eigenvalue weighted by Crippen LogP contribution is -1.85. The molecule has 2 nitrogen and oxygen atoms in total. The van der Waals surface area contributed by atoms with Gasteiger partial charge in [-0.25, -0.2) is 5.26 Å². The summed E-state index contributed by atoms with van der Waals surface area (Å²) in [6.07, 6.45) is 0. The fraction of sp³-hybridized carbons (Fsp3) is 0.333. The van der Waals surface area contributed by atoms with Gasteiger partial charge in [-0.3, -0.25) is 0 Å². The maximum Gasteiger partial charge on any atom is 0.168 e. The van der Waals surface area contributed by atoms with Crippen molar-refractivity contribution in [2.45, 2.75) is 20.8 Å². The van der Waals surface area contributed by atoms with E-state index in [1.54, 1.807) is 12.1 Å². The van der Waals surface area contributed by atoms with Crippen molar-refractivity contribution in [1.82, 2.24) is 0 Å². The molecule has 11 heavy (non-hydrogen) atoms. The Morgan fingerprint density at radius 2 is 1.73 bits per heavy atom. The van der Waals surface area contributed by atoms with E-state index in [1.165, 1.54) is 0 Å². The molecule has 2 heteroatoms. The van der Waals surface area contributed by atoms with Crippen LogP contribution in [0, 0.1) is 6.92 Å². The quantitative estimate of drug-likeness (QED) is 0.498. The Hall–Kier alpha value is -1.02. The van der Waals surface area contributed by atoms with E-state index < -0.39 is 0 Å². The van der Waals surface area contributed by atoms with Crippen molar-refractivity contribution in [3.8, 4) is 5.75 Å². The van der Waals surface area contributed by atoms with Gasteiger partial charge in [0.1, 0.15) is 0 Å². The normalized spacial score (nSPS) is 8.00. The van der Waals surface area contributed by atoms with E-state index in [-0.39, 0.29) is 0 Å². The van der Waals surface area contributed by atoms with Gasteiger partial charge < -0.3 is 4.89 Å². The van der Waals surface area contributed by atoms with Gasteiger partial charge in [-0.1, -0.05) is 32.0 Å². The Morgan fingerprint density at radius 1 is 1.18 bits per heavy atom. The van der Waals surface area contributed by atoms with Crippen LogP contribution in [0.1, 0.15) is 19.4 Å². The van der Waals surface area contributed by atoms with Gasteiger partial charge in [0.15, 0.2) is 5.75 Å². The Kier molecular flexibility index (Phi) is 5.21. The Bertz CT molecular complexity index is 197. The number of hydrogen-bond donors (Lipinski definition) is 1. The van der Waals surface area contributed by atoms with Gasteiger partial charge in [0.25, 0.3) is 0 Å². The fourth-order valence-corrected chi connectivity index (χ4v) is 0.659. The monoisotopic (exact) mass is 154 g/mol. The summed E-state index contributed by atoms with van der Waals surface area (Å²) in [5.74, 6) is 0.512. The molecule has 1 N–H and O–H groups in total. The first-order valence-corrected chi connectivity index (χ1v) is 3.71. The van der Waals surface area contributed by atoms with E-state index in [0.29, 0.717) is 5.75 Å². The van der Waals surface area contributed by atoms with Crippen LogP contribution in [0.15, 0.2) is 24.3 Å². The van der Waals surface area contributed by atoms with Crippen molar-refractivity contribution in [2.24, 2.45) is 0 Å². The Balaban J connectivity index is 0.000000461. The Labute approximate surface area is 67.4 Å². The third kappa shape index (κ3) is 3.05. The highest BCUT2D eigenvalue weighted by atomic mass is 17.1. The predicted octanol–water partition coefficient (Wildman–Crippen LogP) is 2.87. The summed E-state index contributed by atoms with van der Waals surface area (Å²) in [6.45, 7) is 5.87. The van der Waals surface area contributed by atoms with Crippen LogP contribution in [0.25, 0.3) is 0 Å². The molecule has 62 valence electrons. The van der Waals surface area contributed by atoms with E-state index >= 15 is 0 Å². The summed E-state index contributed by atoms with van der Waals surface area (Å²) in [5, 5.41) is 8.22. The topological polar surface area (TPSA) is 29.5 Å². The SMILES string of the molecule is CC.Cc1ccccc1OO. The van der Waals surface area contributed by atoms with Crippen LogP contribution in [-0.2, 0) is 0 Å². The van der Waals surface area contributed by atoms with Crippen molar-refractivity contribution in [2.75, 3.05) is 0 Å². The fourth-order valence-electron chi connectivity index (χ4n) is 0.659. The predicted molar refractivity (Wildman–Crippen MR) is 45.8 cm³/mol. The van der Waals surface area contributed by atoms with E-state index in [1.807, 2.05) is 32.9 Å². The number of hydrogen-bond acceptors (Lipinski definition) is 2. The van der Waals surface area contributed by atoms with Gasteiger partial charge in [-0.05, 0) is 18.6 Å². The largest absolute Gasteiger partial charge is 0.340 e. The second-order valence-corrected chi connectivity index (χ2v) is 1.86. The molecule has 0 aliphatic rings. The summed E-state index contributed by atoms with van der Waals surface area (Å²) in [5.41, 5.74) is 0.931. The third-order valence-electron chi connectivity index (χ3n) is 1.19. The molecule has 0 saturated carbocycles. The molecule has 0 saturated heterocycles. The zero-order chi connectivity index (χ0) is 8.69. The lowest BCUT2D eigenvalue weighted by Gasteiger charge is -1.97. The van der Waals surface area contributed by atoms with Crippen molar-refractivity contribution >= 4 is 0 Å². The molecule has 0 unspecified atom stereocenters. The summed E-state index contributed by atoms with van der Waals surface area (Å²) in [4.78, 5) is 4.04. The van der Waals surface area contributed by atoms with E-state index in [0.717, 1.165) is 5.56 Å². The third-order valence-corrected chi connectivity index (χ3v) is 1.19.